The van der Waals surface area contributed by atoms with E-state index in [0.717, 1.165) is 0 Å². The fourth-order valence-electron chi connectivity index (χ4n) is 1.69. The van der Waals surface area contributed by atoms with Crippen molar-refractivity contribution in [3.63, 3.8) is 0 Å². The molecule has 1 aromatic heterocycles. The number of hydrogen-bond acceptors (Lipinski definition) is 5. The zero-order chi connectivity index (χ0) is 15.6. The predicted octanol–water partition coefficient (Wildman–Crippen LogP) is 2.65. The topological polar surface area (TPSA) is 87.3 Å². The number of non-ortho nitro benzene ring substituents is 1. The molecule has 0 amide bonds. The lowest BCUT2D eigenvalue weighted by Crippen LogP contribution is -2.07. The minimum atomic E-state index is -0.541. The molecule has 1 aromatic carbocycles. The van der Waals surface area contributed by atoms with Gasteiger partial charge >= 0.3 is 5.97 Å². The van der Waals surface area contributed by atoms with Gasteiger partial charge in [0.15, 0.2) is 0 Å². The van der Waals surface area contributed by atoms with E-state index < -0.39 is 10.9 Å². The number of rotatable bonds is 4. The maximum atomic E-state index is 11.9. The van der Waals surface area contributed by atoms with Crippen molar-refractivity contribution in [2.24, 2.45) is 7.05 Å². The highest BCUT2D eigenvalue weighted by Crippen LogP contribution is 2.23. The Morgan fingerprint density at radius 1 is 1.52 bits per heavy atom. The Morgan fingerprint density at radius 2 is 2.24 bits per heavy atom. The van der Waals surface area contributed by atoms with E-state index in [-0.39, 0.29) is 17.3 Å². The van der Waals surface area contributed by atoms with Crippen LogP contribution in [0.2, 0.25) is 5.02 Å². The molecule has 1 heterocycles. The first kappa shape index (κ1) is 15.0. The molecule has 21 heavy (non-hydrogen) atoms. The minimum absolute atomic E-state index is 0.0655. The van der Waals surface area contributed by atoms with E-state index in [1.54, 1.807) is 18.7 Å². The highest BCUT2D eigenvalue weighted by atomic mass is 35.5. The average molecular weight is 310 g/mol. The van der Waals surface area contributed by atoms with Crippen LogP contribution in [0.1, 0.15) is 21.6 Å². The number of hydrogen-bond donors (Lipinski definition) is 0. The van der Waals surface area contributed by atoms with Gasteiger partial charge in [0.05, 0.1) is 16.1 Å². The van der Waals surface area contributed by atoms with Crippen LogP contribution >= 0.6 is 11.6 Å². The van der Waals surface area contributed by atoms with E-state index in [1.807, 2.05) is 0 Å². The molecule has 0 saturated heterocycles. The Labute approximate surface area is 125 Å². The van der Waals surface area contributed by atoms with Crippen molar-refractivity contribution in [2.45, 2.75) is 13.5 Å². The Kier molecular flexibility index (Phi) is 4.23. The van der Waals surface area contributed by atoms with E-state index in [2.05, 4.69) is 5.10 Å². The van der Waals surface area contributed by atoms with Crippen LogP contribution in [-0.4, -0.2) is 20.7 Å². The number of nitrogens with zero attached hydrogens (tertiary/aromatic N) is 3. The lowest BCUT2D eigenvalue weighted by atomic mass is 10.2. The second kappa shape index (κ2) is 5.92. The van der Waals surface area contributed by atoms with Gasteiger partial charge in [-0.2, -0.15) is 5.10 Å². The van der Waals surface area contributed by atoms with Crippen molar-refractivity contribution in [3.8, 4) is 0 Å². The number of halogens is 1. The highest BCUT2D eigenvalue weighted by molar-refractivity contribution is 6.31. The van der Waals surface area contributed by atoms with Crippen molar-refractivity contribution in [2.75, 3.05) is 0 Å². The zero-order valence-corrected chi connectivity index (χ0v) is 12.1. The molecule has 0 bridgehead atoms. The molecule has 0 aliphatic rings. The summed E-state index contributed by atoms with van der Waals surface area (Å²) >= 11 is 5.93. The van der Waals surface area contributed by atoms with Crippen LogP contribution in [0.4, 0.5) is 5.69 Å². The smallest absolute Gasteiger partial charge is 0.341 e. The van der Waals surface area contributed by atoms with Gasteiger partial charge in [0.1, 0.15) is 12.2 Å². The summed E-state index contributed by atoms with van der Waals surface area (Å²) in [4.78, 5) is 22.0. The Bertz CT molecular complexity index is 711. The van der Waals surface area contributed by atoms with Crippen LogP contribution in [0.3, 0.4) is 0 Å². The average Bonchev–Trinajstić information content (AvgIpc) is 2.77. The Morgan fingerprint density at radius 3 is 2.76 bits per heavy atom. The number of esters is 1. The second-order valence-electron chi connectivity index (χ2n) is 4.38. The molecule has 2 aromatic rings. The van der Waals surface area contributed by atoms with Gasteiger partial charge in [-0.3, -0.25) is 14.8 Å². The molecule has 0 radical (unpaired) electrons. The first-order valence-electron chi connectivity index (χ1n) is 5.98. The second-order valence-corrected chi connectivity index (χ2v) is 4.78. The molecular formula is C13H12ClN3O4. The van der Waals surface area contributed by atoms with E-state index in [0.29, 0.717) is 16.8 Å². The molecule has 110 valence electrons. The predicted molar refractivity (Wildman–Crippen MR) is 75.2 cm³/mol. The summed E-state index contributed by atoms with van der Waals surface area (Å²) in [5.41, 5.74) is 1.45. The fraction of sp³-hybridized carbons (Fsp3) is 0.231. The van der Waals surface area contributed by atoms with Gasteiger partial charge in [-0.15, -0.1) is 0 Å². The van der Waals surface area contributed by atoms with Gasteiger partial charge in [-0.05, 0) is 13.0 Å². The molecule has 0 spiro atoms. The van der Waals surface area contributed by atoms with Gasteiger partial charge < -0.3 is 4.74 Å². The van der Waals surface area contributed by atoms with Crippen LogP contribution in [0.15, 0.2) is 24.4 Å². The number of ether oxygens (including phenoxy) is 1. The number of aryl methyl sites for hydroxylation is 1. The van der Waals surface area contributed by atoms with E-state index in [9.17, 15) is 14.9 Å². The summed E-state index contributed by atoms with van der Waals surface area (Å²) < 4.78 is 6.71. The van der Waals surface area contributed by atoms with E-state index in [4.69, 9.17) is 16.3 Å². The fourth-order valence-corrected chi connectivity index (χ4v) is 1.92. The molecular weight excluding hydrogens is 298 g/mol. The number of carbonyl (C=O) groups is 1. The first-order valence-corrected chi connectivity index (χ1v) is 6.36. The van der Waals surface area contributed by atoms with Crippen LogP contribution < -0.4 is 0 Å². The highest BCUT2D eigenvalue weighted by Gasteiger charge is 2.16. The number of nitro groups is 1. The summed E-state index contributed by atoms with van der Waals surface area (Å²) in [6.07, 6.45) is 1.43. The lowest BCUT2D eigenvalue weighted by molar-refractivity contribution is -0.384. The third kappa shape index (κ3) is 3.19. The van der Waals surface area contributed by atoms with Crippen molar-refractivity contribution in [1.29, 1.82) is 0 Å². The summed E-state index contributed by atoms with van der Waals surface area (Å²) in [6.45, 7) is 1.69. The minimum Gasteiger partial charge on any atom is -0.457 e. The lowest BCUT2D eigenvalue weighted by Gasteiger charge is -2.06. The van der Waals surface area contributed by atoms with Crippen LogP contribution in [0.25, 0.3) is 0 Å². The van der Waals surface area contributed by atoms with Crippen LogP contribution in [0.5, 0.6) is 0 Å². The Balaban J connectivity index is 2.08. The third-order valence-corrected chi connectivity index (χ3v) is 3.41. The molecule has 0 unspecified atom stereocenters. The van der Waals surface area contributed by atoms with Gasteiger partial charge in [0, 0.05) is 30.4 Å². The number of nitro benzene ring substituents is 1. The molecule has 2 rings (SSSR count). The van der Waals surface area contributed by atoms with Crippen molar-refractivity contribution < 1.29 is 14.5 Å². The van der Waals surface area contributed by atoms with Gasteiger partial charge in [0.25, 0.3) is 5.69 Å². The van der Waals surface area contributed by atoms with Gasteiger partial charge in [0.2, 0.25) is 0 Å². The normalized spacial score (nSPS) is 10.4. The Hall–Kier alpha value is -2.41. The van der Waals surface area contributed by atoms with Crippen molar-refractivity contribution in [1.82, 2.24) is 9.78 Å². The molecule has 7 nitrogen and oxygen atoms in total. The summed E-state index contributed by atoms with van der Waals surface area (Å²) in [5, 5.41) is 14.7. The van der Waals surface area contributed by atoms with Gasteiger partial charge in [-0.1, -0.05) is 11.6 Å². The number of benzene rings is 1. The van der Waals surface area contributed by atoms with E-state index >= 15 is 0 Å². The van der Waals surface area contributed by atoms with Crippen molar-refractivity contribution in [3.05, 3.63) is 56.4 Å². The molecule has 0 saturated carbocycles. The number of carbonyl (C=O) groups excluding carboxylic acids is 1. The number of aromatic nitrogens is 2. The summed E-state index contributed by atoms with van der Waals surface area (Å²) in [6, 6.07) is 3.99. The SMILES string of the molecule is Cc1c(C(=O)OCc2ccc([N+](=O)[O-])cc2Cl)cnn1C. The maximum Gasteiger partial charge on any atom is 0.341 e. The monoisotopic (exact) mass is 309 g/mol. The van der Waals surface area contributed by atoms with E-state index in [1.165, 1.54) is 24.4 Å². The largest absolute Gasteiger partial charge is 0.457 e. The quantitative estimate of drug-likeness (QED) is 0.492. The standard InChI is InChI=1S/C13H12ClN3O4/c1-8-11(6-15-16(8)2)13(18)21-7-9-3-4-10(17(19)20)5-12(9)14/h3-6H,7H2,1-2H3. The molecule has 0 fully saturated rings. The van der Waals surface area contributed by atoms with Crippen molar-refractivity contribution >= 4 is 23.3 Å². The zero-order valence-electron chi connectivity index (χ0n) is 11.4. The molecule has 8 heteroatoms. The molecule has 0 atom stereocenters. The van der Waals surface area contributed by atoms with Crippen LogP contribution in [0, 0.1) is 17.0 Å². The summed E-state index contributed by atoms with van der Waals surface area (Å²) in [7, 11) is 1.72. The molecule has 0 N–H and O–H groups in total. The maximum absolute atomic E-state index is 11.9. The first-order chi connectivity index (χ1) is 9.90. The molecule has 0 aliphatic carbocycles. The third-order valence-electron chi connectivity index (χ3n) is 3.06. The van der Waals surface area contributed by atoms with Gasteiger partial charge in [-0.25, -0.2) is 4.79 Å². The van der Waals surface area contributed by atoms with Crippen LogP contribution in [-0.2, 0) is 18.4 Å². The molecule has 0 aliphatic heterocycles. The summed E-state index contributed by atoms with van der Waals surface area (Å²) in [5.74, 6) is -0.519.